The minimum absolute atomic E-state index is 0.468. The van der Waals surface area contributed by atoms with Crippen LogP contribution in [0.25, 0.3) is 5.82 Å². The van der Waals surface area contributed by atoms with Gasteiger partial charge in [0.2, 0.25) is 0 Å². The van der Waals surface area contributed by atoms with E-state index in [9.17, 15) is 0 Å². The maximum atomic E-state index is 6.04. The maximum Gasteiger partial charge on any atom is 0.164 e. The van der Waals surface area contributed by atoms with Crippen LogP contribution < -0.4 is 5.73 Å². The van der Waals surface area contributed by atoms with Crippen molar-refractivity contribution in [1.82, 2.24) is 24.7 Å². The molecule has 0 radical (unpaired) electrons. The van der Waals surface area contributed by atoms with Gasteiger partial charge in [-0.1, -0.05) is 13.8 Å². The standard InChI is InChI=1S/C14H20N6/c1-4-10-16-11(5-2)20(19-10)14-8(3)12(15)17-13(18-14)9-6-7-9/h9H,4-7H2,1-3H3,(H2,15,17,18). The zero-order valence-electron chi connectivity index (χ0n) is 12.2. The fraction of sp³-hybridized carbons (Fsp3) is 0.571. The van der Waals surface area contributed by atoms with Gasteiger partial charge < -0.3 is 5.73 Å². The molecular formula is C14H20N6. The molecule has 0 aliphatic heterocycles. The molecule has 106 valence electrons. The molecule has 6 nitrogen and oxygen atoms in total. The van der Waals surface area contributed by atoms with Crippen LogP contribution in [-0.2, 0) is 12.8 Å². The third-order valence-corrected chi connectivity index (χ3v) is 3.67. The van der Waals surface area contributed by atoms with Crippen LogP contribution in [0.4, 0.5) is 5.82 Å². The molecule has 2 heterocycles. The van der Waals surface area contributed by atoms with Crippen LogP contribution in [0.15, 0.2) is 0 Å². The van der Waals surface area contributed by atoms with Crippen LogP contribution in [0.5, 0.6) is 0 Å². The molecule has 6 heteroatoms. The highest BCUT2D eigenvalue weighted by Gasteiger charge is 2.28. The van der Waals surface area contributed by atoms with Gasteiger partial charge in [-0.3, -0.25) is 0 Å². The number of nitrogens with two attached hydrogens (primary N) is 1. The number of anilines is 1. The summed E-state index contributed by atoms with van der Waals surface area (Å²) >= 11 is 0. The third-order valence-electron chi connectivity index (χ3n) is 3.67. The Kier molecular flexibility index (Phi) is 3.16. The molecule has 20 heavy (non-hydrogen) atoms. The fourth-order valence-electron chi connectivity index (χ4n) is 2.21. The molecule has 1 saturated carbocycles. The Labute approximate surface area is 118 Å². The summed E-state index contributed by atoms with van der Waals surface area (Å²) in [5.74, 6) is 4.40. The first-order chi connectivity index (χ1) is 9.63. The van der Waals surface area contributed by atoms with Crippen molar-refractivity contribution in [3.05, 3.63) is 23.0 Å². The van der Waals surface area contributed by atoms with E-state index in [0.717, 1.165) is 54.5 Å². The molecule has 0 spiro atoms. The lowest BCUT2D eigenvalue weighted by Gasteiger charge is -2.10. The van der Waals surface area contributed by atoms with Crippen molar-refractivity contribution >= 4 is 5.82 Å². The van der Waals surface area contributed by atoms with Gasteiger partial charge in [0.05, 0.1) is 0 Å². The minimum atomic E-state index is 0.468. The Bertz CT molecular complexity index is 641. The molecule has 0 bridgehead atoms. The maximum absolute atomic E-state index is 6.04. The Morgan fingerprint density at radius 2 is 1.90 bits per heavy atom. The summed E-state index contributed by atoms with van der Waals surface area (Å²) in [6, 6.07) is 0. The largest absolute Gasteiger partial charge is 0.383 e. The normalized spacial score (nSPS) is 14.8. The number of aromatic nitrogens is 5. The molecule has 2 aromatic heterocycles. The fourth-order valence-corrected chi connectivity index (χ4v) is 2.21. The molecule has 2 aromatic rings. The minimum Gasteiger partial charge on any atom is -0.383 e. The molecule has 1 aliphatic rings. The molecule has 0 atom stereocenters. The van der Waals surface area contributed by atoms with Gasteiger partial charge in [0.1, 0.15) is 17.5 Å². The Morgan fingerprint density at radius 1 is 1.15 bits per heavy atom. The molecule has 0 saturated heterocycles. The first-order valence-electron chi connectivity index (χ1n) is 7.23. The molecule has 1 aliphatic carbocycles. The van der Waals surface area contributed by atoms with Crippen molar-refractivity contribution in [2.75, 3.05) is 5.73 Å². The molecule has 3 rings (SSSR count). The number of rotatable bonds is 4. The van der Waals surface area contributed by atoms with Crippen molar-refractivity contribution < 1.29 is 0 Å². The SMILES string of the molecule is CCc1nc(CC)n(-c2nc(C3CC3)nc(N)c2C)n1. The van der Waals surface area contributed by atoms with Crippen molar-refractivity contribution in [2.45, 2.75) is 52.4 Å². The van der Waals surface area contributed by atoms with Crippen LogP contribution in [0, 0.1) is 6.92 Å². The summed E-state index contributed by atoms with van der Waals surface area (Å²) in [4.78, 5) is 13.6. The average molecular weight is 272 g/mol. The van der Waals surface area contributed by atoms with Gasteiger partial charge in [-0.25, -0.2) is 15.0 Å². The van der Waals surface area contributed by atoms with Crippen LogP contribution in [0.2, 0.25) is 0 Å². The second-order valence-electron chi connectivity index (χ2n) is 5.25. The summed E-state index contributed by atoms with van der Waals surface area (Å²) in [5, 5.41) is 4.55. The van der Waals surface area contributed by atoms with Crippen LogP contribution >= 0.6 is 0 Å². The van der Waals surface area contributed by atoms with E-state index >= 15 is 0 Å². The predicted molar refractivity (Wildman–Crippen MR) is 76.8 cm³/mol. The van der Waals surface area contributed by atoms with Gasteiger partial charge >= 0.3 is 0 Å². The van der Waals surface area contributed by atoms with Gasteiger partial charge in [-0.2, -0.15) is 4.68 Å². The number of nitrogen functional groups attached to an aromatic ring is 1. The number of nitrogens with zero attached hydrogens (tertiary/aromatic N) is 5. The monoisotopic (exact) mass is 272 g/mol. The van der Waals surface area contributed by atoms with Gasteiger partial charge in [-0.15, -0.1) is 5.10 Å². The summed E-state index contributed by atoms with van der Waals surface area (Å²) < 4.78 is 1.83. The first kappa shape index (κ1) is 13.0. The lowest BCUT2D eigenvalue weighted by molar-refractivity contribution is 0.746. The van der Waals surface area contributed by atoms with Crippen LogP contribution in [0.1, 0.15) is 55.6 Å². The van der Waals surface area contributed by atoms with E-state index in [4.69, 9.17) is 10.7 Å². The zero-order chi connectivity index (χ0) is 14.3. The zero-order valence-corrected chi connectivity index (χ0v) is 12.2. The first-order valence-corrected chi connectivity index (χ1v) is 7.23. The van der Waals surface area contributed by atoms with Gasteiger partial charge in [0, 0.05) is 24.3 Å². The Hall–Kier alpha value is -1.98. The van der Waals surface area contributed by atoms with E-state index in [1.165, 1.54) is 0 Å². The summed E-state index contributed by atoms with van der Waals surface area (Å²) in [6.45, 7) is 6.06. The second-order valence-corrected chi connectivity index (χ2v) is 5.25. The smallest absolute Gasteiger partial charge is 0.164 e. The van der Waals surface area contributed by atoms with Crippen molar-refractivity contribution in [2.24, 2.45) is 0 Å². The van der Waals surface area contributed by atoms with E-state index in [1.54, 1.807) is 0 Å². The Balaban J connectivity index is 2.15. The highest BCUT2D eigenvalue weighted by atomic mass is 15.4. The van der Waals surface area contributed by atoms with Gasteiger partial charge in [-0.05, 0) is 19.8 Å². The van der Waals surface area contributed by atoms with E-state index in [2.05, 4.69) is 28.9 Å². The average Bonchev–Trinajstić information content (AvgIpc) is 3.21. The summed E-state index contributed by atoms with van der Waals surface area (Å²) in [5.41, 5.74) is 6.91. The van der Waals surface area contributed by atoms with Crippen LogP contribution in [-0.4, -0.2) is 24.7 Å². The summed E-state index contributed by atoms with van der Waals surface area (Å²) in [6.07, 6.45) is 3.94. The quantitative estimate of drug-likeness (QED) is 0.919. The van der Waals surface area contributed by atoms with E-state index < -0.39 is 0 Å². The predicted octanol–water partition coefficient (Wildman–Crippen LogP) is 1.95. The molecule has 0 amide bonds. The number of hydrogen-bond acceptors (Lipinski definition) is 5. The van der Waals surface area contributed by atoms with Gasteiger partial charge in [0.25, 0.3) is 0 Å². The molecule has 0 unspecified atom stereocenters. The highest BCUT2D eigenvalue weighted by Crippen LogP contribution is 2.39. The summed E-state index contributed by atoms with van der Waals surface area (Å²) in [7, 11) is 0. The lowest BCUT2D eigenvalue weighted by atomic mass is 10.3. The van der Waals surface area contributed by atoms with Crippen molar-refractivity contribution in [1.29, 1.82) is 0 Å². The molecule has 1 fully saturated rings. The topological polar surface area (TPSA) is 82.5 Å². The molecule has 0 aromatic carbocycles. The van der Waals surface area contributed by atoms with E-state index in [-0.39, 0.29) is 0 Å². The van der Waals surface area contributed by atoms with Crippen LogP contribution in [0.3, 0.4) is 0 Å². The van der Waals surface area contributed by atoms with Crippen molar-refractivity contribution in [3.63, 3.8) is 0 Å². The van der Waals surface area contributed by atoms with E-state index in [1.807, 2.05) is 11.6 Å². The number of aryl methyl sites for hydroxylation is 2. The third kappa shape index (κ3) is 2.15. The highest BCUT2D eigenvalue weighted by molar-refractivity contribution is 5.48. The molecule has 2 N–H and O–H groups in total. The van der Waals surface area contributed by atoms with E-state index in [0.29, 0.717) is 11.7 Å². The number of hydrogen-bond donors (Lipinski definition) is 1. The Morgan fingerprint density at radius 3 is 2.50 bits per heavy atom. The van der Waals surface area contributed by atoms with Gasteiger partial charge in [0.15, 0.2) is 11.6 Å². The molecular weight excluding hydrogens is 252 g/mol. The second kappa shape index (κ2) is 4.85. The lowest BCUT2D eigenvalue weighted by Crippen LogP contribution is -2.12. The van der Waals surface area contributed by atoms with Crippen molar-refractivity contribution in [3.8, 4) is 5.82 Å².